The number of fused-ring (bicyclic) bond motifs is 1. The van der Waals surface area contributed by atoms with Crippen LogP contribution in [0.1, 0.15) is 17.8 Å². The molecule has 0 fully saturated rings. The van der Waals surface area contributed by atoms with Gasteiger partial charge in [0.25, 0.3) is 0 Å². The molecule has 2 N–H and O–H groups in total. The minimum Gasteiger partial charge on any atom is -0.330 e. The van der Waals surface area contributed by atoms with Crippen molar-refractivity contribution in [2.45, 2.75) is 31.5 Å². The third-order valence-electron chi connectivity index (χ3n) is 2.45. The van der Waals surface area contributed by atoms with Gasteiger partial charge in [0, 0.05) is 18.0 Å². The molecule has 4 heteroatoms. The highest BCUT2D eigenvalue weighted by molar-refractivity contribution is 7.99. The molecule has 3 nitrogen and oxygen atoms in total. The molecule has 0 unspecified atom stereocenters. The lowest BCUT2D eigenvalue weighted by Gasteiger charge is -2.00. The molecule has 13 heavy (non-hydrogen) atoms. The van der Waals surface area contributed by atoms with E-state index in [2.05, 4.69) is 16.5 Å². The maximum absolute atomic E-state index is 5.48. The van der Waals surface area contributed by atoms with Crippen molar-refractivity contribution in [3.63, 3.8) is 0 Å². The minimum absolute atomic E-state index is 0.759. The molecule has 0 amide bonds. The number of nitrogens with two attached hydrogens (primary N) is 1. The van der Waals surface area contributed by atoms with Crippen LogP contribution in [0.2, 0.25) is 0 Å². The summed E-state index contributed by atoms with van der Waals surface area (Å²) in [6.07, 6.45) is 2.07. The zero-order chi connectivity index (χ0) is 9.26. The maximum Gasteiger partial charge on any atom is 0.168 e. The van der Waals surface area contributed by atoms with E-state index in [1.807, 2.05) is 11.8 Å². The van der Waals surface area contributed by atoms with Crippen molar-refractivity contribution in [1.29, 1.82) is 0 Å². The zero-order valence-electron chi connectivity index (χ0n) is 7.92. The van der Waals surface area contributed by atoms with Crippen LogP contribution >= 0.6 is 11.8 Å². The van der Waals surface area contributed by atoms with Crippen molar-refractivity contribution in [3.05, 3.63) is 11.4 Å². The first kappa shape index (κ1) is 9.09. The number of nitrogens with zero attached hydrogens (tertiary/aromatic N) is 2. The fourth-order valence-electron chi connectivity index (χ4n) is 1.66. The monoisotopic (exact) mass is 197 g/mol. The van der Waals surface area contributed by atoms with Gasteiger partial charge in [-0.2, -0.15) is 0 Å². The van der Waals surface area contributed by atoms with Crippen LogP contribution in [-0.2, 0) is 13.0 Å². The summed E-state index contributed by atoms with van der Waals surface area (Å²) in [5.41, 5.74) is 8.06. The summed E-state index contributed by atoms with van der Waals surface area (Å²) >= 11 is 1.86. The quantitative estimate of drug-likeness (QED) is 0.791. The number of imidazole rings is 1. The van der Waals surface area contributed by atoms with Crippen LogP contribution in [0.5, 0.6) is 0 Å². The van der Waals surface area contributed by atoms with E-state index >= 15 is 0 Å². The Morgan fingerprint density at radius 3 is 3.15 bits per heavy atom. The topological polar surface area (TPSA) is 43.8 Å². The first-order chi connectivity index (χ1) is 6.33. The van der Waals surface area contributed by atoms with Gasteiger partial charge in [-0.25, -0.2) is 4.98 Å². The van der Waals surface area contributed by atoms with Crippen molar-refractivity contribution in [1.82, 2.24) is 9.55 Å². The van der Waals surface area contributed by atoms with Crippen LogP contribution < -0.4 is 5.73 Å². The van der Waals surface area contributed by atoms with Crippen LogP contribution in [0.25, 0.3) is 0 Å². The number of aromatic nitrogens is 2. The van der Waals surface area contributed by atoms with Gasteiger partial charge >= 0.3 is 0 Å². The summed E-state index contributed by atoms with van der Waals surface area (Å²) in [4.78, 5) is 4.60. The Bertz CT molecular complexity index is 306. The van der Waals surface area contributed by atoms with Gasteiger partial charge in [0.2, 0.25) is 0 Å². The molecule has 2 heterocycles. The molecule has 0 atom stereocenters. The highest BCUT2D eigenvalue weighted by Gasteiger charge is 2.17. The summed E-state index contributed by atoms with van der Waals surface area (Å²) in [6.45, 7) is 4.05. The van der Waals surface area contributed by atoms with Crippen molar-refractivity contribution in [2.24, 2.45) is 5.73 Å². The van der Waals surface area contributed by atoms with E-state index in [0.717, 1.165) is 25.9 Å². The van der Waals surface area contributed by atoms with Gasteiger partial charge in [-0.1, -0.05) is 11.8 Å². The van der Waals surface area contributed by atoms with Crippen LogP contribution in [0.4, 0.5) is 0 Å². The lowest BCUT2D eigenvalue weighted by atomic mass is 10.2. The van der Waals surface area contributed by atoms with E-state index in [1.165, 1.54) is 22.3 Å². The highest BCUT2D eigenvalue weighted by Crippen LogP contribution is 2.27. The molecule has 1 aromatic heterocycles. The summed E-state index contributed by atoms with van der Waals surface area (Å²) in [6, 6.07) is 0. The molecule has 0 aliphatic carbocycles. The van der Waals surface area contributed by atoms with Crippen molar-refractivity contribution >= 4 is 11.8 Å². The SMILES string of the molecule is Cc1c(CCCN)nc2n1CCS2. The Morgan fingerprint density at radius 2 is 2.46 bits per heavy atom. The lowest BCUT2D eigenvalue weighted by molar-refractivity contribution is 0.697. The van der Waals surface area contributed by atoms with Gasteiger partial charge in [0.05, 0.1) is 5.69 Å². The lowest BCUT2D eigenvalue weighted by Crippen LogP contribution is -2.02. The van der Waals surface area contributed by atoms with Gasteiger partial charge in [-0.05, 0) is 26.3 Å². The molecule has 0 saturated heterocycles. The number of aryl methyl sites for hydroxylation is 1. The molecule has 0 radical (unpaired) electrons. The molecular formula is C9H15N3S. The zero-order valence-corrected chi connectivity index (χ0v) is 8.73. The largest absolute Gasteiger partial charge is 0.330 e. The van der Waals surface area contributed by atoms with Crippen LogP contribution in [0, 0.1) is 6.92 Å². The fraction of sp³-hybridized carbons (Fsp3) is 0.667. The average Bonchev–Trinajstić information content (AvgIpc) is 2.67. The van der Waals surface area contributed by atoms with Crippen molar-refractivity contribution in [3.8, 4) is 0 Å². The second-order valence-electron chi connectivity index (χ2n) is 3.32. The summed E-state index contributed by atoms with van der Waals surface area (Å²) < 4.78 is 2.32. The third-order valence-corrected chi connectivity index (χ3v) is 3.40. The molecule has 0 saturated carbocycles. The summed E-state index contributed by atoms with van der Waals surface area (Å²) in [5.74, 6) is 1.18. The molecule has 2 rings (SSSR count). The molecule has 1 aromatic rings. The first-order valence-electron chi connectivity index (χ1n) is 4.72. The Hall–Kier alpha value is -0.480. The second-order valence-corrected chi connectivity index (χ2v) is 4.38. The summed E-state index contributed by atoms with van der Waals surface area (Å²) in [7, 11) is 0. The van der Waals surface area contributed by atoms with Crippen LogP contribution in [-0.4, -0.2) is 21.8 Å². The second kappa shape index (κ2) is 3.72. The summed E-state index contributed by atoms with van der Waals surface area (Å²) in [5, 5.41) is 1.20. The first-order valence-corrected chi connectivity index (χ1v) is 5.70. The van der Waals surface area contributed by atoms with Gasteiger partial charge < -0.3 is 10.3 Å². The fourth-order valence-corrected chi connectivity index (χ4v) is 2.68. The predicted octanol–water partition coefficient (Wildman–Crippen LogP) is 1.19. The van der Waals surface area contributed by atoms with Crippen LogP contribution in [0.15, 0.2) is 5.16 Å². The molecule has 0 bridgehead atoms. The normalized spacial score (nSPS) is 14.9. The van der Waals surface area contributed by atoms with E-state index < -0.39 is 0 Å². The van der Waals surface area contributed by atoms with E-state index in [4.69, 9.17) is 5.73 Å². The molecular weight excluding hydrogens is 182 g/mol. The smallest absolute Gasteiger partial charge is 0.168 e. The average molecular weight is 197 g/mol. The predicted molar refractivity (Wildman–Crippen MR) is 55.1 cm³/mol. The van der Waals surface area contributed by atoms with Gasteiger partial charge in [-0.15, -0.1) is 0 Å². The minimum atomic E-state index is 0.759. The Kier molecular flexibility index (Phi) is 2.60. The number of thioether (sulfide) groups is 1. The molecule has 1 aliphatic heterocycles. The van der Waals surface area contributed by atoms with E-state index in [9.17, 15) is 0 Å². The molecule has 0 aromatic carbocycles. The Labute approximate surface area is 82.7 Å². The Balaban J connectivity index is 2.18. The van der Waals surface area contributed by atoms with Crippen molar-refractivity contribution < 1.29 is 0 Å². The molecule has 72 valence electrons. The Morgan fingerprint density at radius 1 is 1.62 bits per heavy atom. The van der Waals surface area contributed by atoms with E-state index in [-0.39, 0.29) is 0 Å². The number of hydrogen-bond donors (Lipinski definition) is 1. The van der Waals surface area contributed by atoms with Crippen LogP contribution in [0.3, 0.4) is 0 Å². The number of rotatable bonds is 3. The standard InChI is InChI=1S/C9H15N3S/c1-7-8(3-2-4-10)11-9-12(7)5-6-13-9/h2-6,10H2,1H3. The maximum atomic E-state index is 5.48. The van der Waals surface area contributed by atoms with E-state index in [1.54, 1.807) is 0 Å². The highest BCUT2D eigenvalue weighted by atomic mass is 32.2. The molecule has 1 aliphatic rings. The van der Waals surface area contributed by atoms with Gasteiger partial charge in [0.1, 0.15) is 0 Å². The van der Waals surface area contributed by atoms with E-state index in [0.29, 0.717) is 0 Å². The molecule has 0 spiro atoms. The van der Waals surface area contributed by atoms with Crippen molar-refractivity contribution in [2.75, 3.05) is 12.3 Å². The van der Waals surface area contributed by atoms with Gasteiger partial charge in [-0.3, -0.25) is 0 Å². The third kappa shape index (κ3) is 1.60. The van der Waals surface area contributed by atoms with Gasteiger partial charge in [0.15, 0.2) is 5.16 Å². The number of hydrogen-bond acceptors (Lipinski definition) is 3.